The molecule has 0 bridgehead atoms. The number of benzene rings is 1. The number of aromatic hydroxyl groups is 1. The van der Waals surface area contributed by atoms with Crippen LogP contribution in [0.15, 0.2) is 18.2 Å². The molecule has 1 atom stereocenters. The number of nitrogens with zero attached hydrogens (tertiary/aromatic N) is 1. The van der Waals surface area contributed by atoms with Crippen molar-refractivity contribution >= 4 is 5.91 Å². The largest absolute Gasteiger partial charge is 0.508 e. The second kappa shape index (κ2) is 4.46. The van der Waals surface area contributed by atoms with Crippen molar-refractivity contribution in [2.24, 2.45) is 5.92 Å². The van der Waals surface area contributed by atoms with Gasteiger partial charge in [0.25, 0.3) is 5.91 Å². The normalized spacial score (nSPS) is 16.0. The molecule has 0 saturated heterocycles. The zero-order valence-electron chi connectivity index (χ0n) is 9.60. The molecule has 88 valence electrons. The highest BCUT2D eigenvalue weighted by atomic mass is 16.3. The molecule has 1 aromatic carbocycles. The first-order valence-electron chi connectivity index (χ1n) is 5.62. The van der Waals surface area contributed by atoms with Crippen LogP contribution in [-0.4, -0.2) is 17.1 Å². The number of carbonyl (C=O) groups is 1. The van der Waals surface area contributed by atoms with Crippen LogP contribution in [-0.2, 0) is 0 Å². The summed E-state index contributed by atoms with van der Waals surface area (Å²) in [6, 6.07) is 6.44. The fraction of sp³-hybridized carbons (Fsp3) is 0.385. The number of amides is 1. The molecule has 2 N–H and O–H groups in total. The van der Waals surface area contributed by atoms with E-state index in [9.17, 15) is 9.90 Å². The van der Waals surface area contributed by atoms with Crippen molar-refractivity contribution in [3.63, 3.8) is 0 Å². The Bertz CT molecular complexity index is 487. The Balaban J connectivity index is 2.08. The first-order valence-corrected chi connectivity index (χ1v) is 5.62. The number of phenols is 1. The van der Waals surface area contributed by atoms with Crippen LogP contribution < -0.4 is 5.32 Å². The lowest BCUT2D eigenvalue weighted by atomic mass is 10.1. The van der Waals surface area contributed by atoms with Crippen LogP contribution in [0.1, 0.15) is 28.8 Å². The average molecular weight is 230 g/mol. The van der Waals surface area contributed by atoms with E-state index in [1.807, 2.05) is 0 Å². The third kappa shape index (κ3) is 2.56. The molecule has 1 amide bonds. The molecule has 1 fully saturated rings. The number of hydrogen-bond donors (Lipinski definition) is 2. The Kier molecular flexibility index (Phi) is 3.01. The highest BCUT2D eigenvalue weighted by Crippen LogP contribution is 2.32. The van der Waals surface area contributed by atoms with E-state index in [-0.39, 0.29) is 11.7 Å². The quantitative estimate of drug-likeness (QED) is 0.830. The Morgan fingerprint density at radius 1 is 1.59 bits per heavy atom. The summed E-state index contributed by atoms with van der Waals surface area (Å²) < 4.78 is 0. The topological polar surface area (TPSA) is 73.1 Å². The molecule has 0 aromatic heterocycles. The molecule has 4 heteroatoms. The van der Waals surface area contributed by atoms with Crippen molar-refractivity contribution in [3.05, 3.63) is 29.3 Å². The van der Waals surface area contributed by atoms with E-state index in [0.717, 1.165) is 18.4 Å². The molecule has 2 rings (SSSR count). The van der Waals surface area contributed by atoms with E-state index < -0.39 is 6.04 Å². The third-order valence-electron chi connectivity index (χ3n) is 2.99. The van der Waals surface area contributed by atoms with Gasteiger partial charge in [-0.05, 0) is 43.4 Å². The summed E-state index contributed by atoms with van der Waals surface area (Å²) >= 11 is 0. The molecule has 0 spiro atoms. The monoisotopic (exact) mass is 230 g/mol. The molecule has 1 aliphatic carbocycles. The number of rotatable bonds is 3. The van der Waals surface area contributed by atoms with Gasteiger partial charge in [-0.15, -0.1) is 0 Å². The summed E-state index contributed by atoms with van der Waals surface area (Å²) in [5.74, 6) is 0.0827. The van der Waals surface area contributed by atoms with Crippen LogP contribution in [0.2, 0.25) is 0 Å². The van der Waals surface area contributed by atoms with E-state index in [0.29, 0.717) is 11.5 Å². The van der Waals surface area contributed by atoms with Crippen LogP contribution in [0.5, 0.6) is 5.75 Å². The fourth-order valence-electron chi connectivity index (χ4n) is 1.66. The van der Waals surface area contributed by atoms with Crippen molar-refractivity contribution in [3.8, 4) is 11.8 Å². The molecule has 1 saturated carbocycles. The van der Waals surface area contributed by atoms with Gasteiger partial charge in [-0.3, -0.25) is 4.79 Å². The van der Waals surface area contributed by atoms with Gasteiger partial charge in [-0.25, -0.2) is 0 Å². The van der Waals surface area contributed by atoms with E-state index in [1.165, 1.54) is 6.07 Å². The lowest BCUT2D eigenvalue weighted by Crippen LogP contribution is -2.35. The number of carbonyl (C=O) groups excluding carboxylic acids is 1. The van der Waals surface area contributed by atoms with Gasteiger partial charge in [-0.2, -0.15) is 5.26 Å². The van der Waals surface area contributed by atoms with Crippen molar-refractivity contribution in [2.75, 3.05) is 0 Å². The number of nitrogens with one attached hydrogen (secondary N) is 1. The lowest BCUT2D eigenvalue weighted by molar-refractivity contribution is 0.0941. The molecule has 0 heterocycles. The van der Waals surface area contributed by atoms with Gasteiger partial charge in [0.2, 0.25) is 0 Å². The Morgan fingerprint density at radius 2 is 2.29 bits per heavy atom. The van der Waals surface area contributed by atoms with E-state index >= 15 is 0 Å². The minimum Gasteiger partial charge on any atom is -0.508 e. The zero-order valence-corrected chi connectivity index (χ0v) is 9.60. The van der Waals surface area contributed by atoms with Crippen LogP contribution in [0.25, 0.3) is 0 Å². The molecular formula is C13H14N2O2. The summed E-state index contributed by atoms with van der Waals surface area (Å²) in [6.45, 7) is 1.76. The minimum atomic E-state index is -0.411. The number of aryl methyl sites for hydroxylation is 1. The molecule has 17 heavy (non-hydrogen) atoms. The molecule has 1 aliphatic rings. The smallest absolute Gasteiger partial charge is 0.252 e. The van der Waals surface area contributed by atoms with Gasteiger partial charge >= 0.3 is 0 Å². The maximum absolute atomic E-state index is 11.8. The first-order chi connectivity index (χ1) is 8.11. The SMILES string of the molecule is Cc1ccc(C(=O)NC(C#N)C2CC2)cc1O. The molecular weight excluding hydrogens is 216 g/mol. The second-order valence-corrected chi connectivity index (χ2v) is 4.42. The van der Waals surface area contributed by atoms with E-state index in [2.05, 4.69) is 11.4 Å². The standard InChI is InChI=1S/C13H14N2O2/c1-8-2-3-10(6-12(8)16)13(17)15-11(7-14)9-4-5-9/h2-3,6,9,11,16H,4-5H2,1H3,(H,15,17). The summed E-state index contributed by atoms with van der Waals surface area (Å²) in [4.78, 5) is 11.8. The van der Waals surface area contributed by atoms with E-state index in [1.54, 1.807) is 19.1 Å². The molecule has 0 radical (unpaired) electrons. The van der Waals surface area contributed by atoms with Crippen molar-refractivity contribution in [1.29, 1.82) is 5.26 Å². The van der Waals surface area contributed by atoms with Crippen molar-refractivity contribution < 1.29 is 9.90 Å². The Labute approximate surface area is 99.9 Å². The van der Waals surface area contributed by atoms with Gasteiger partial charge in [0.15, 0.2) is 0 Å². The molecule has 1 aromatic rings. The average Bonchev–Trinajstić information content (AvgIpc) is 3.13. The maximum atomic E-state index is 11.8. The van der Waals surface area contributed by atoms with Crippen LogP contribution in [0.4, 0.5) is 0 Å². The van der Waals surface area contributed by atoms with E-state index in [4.69, 9.17) is 5.26 Å². The summed E-state index contributed by atoms with van der Waals surface area (Å²) in [5, 5.41) is 21.1. The Morgan fingerprint density at radius 3 is 2.82 bits per heavy atom. The number of phenolic OH excluding ortho intramolecular Hbond substituents is 1. The first kappa shape index (κ1) is 11.5. The van der Waals surface area contributed by atoms with Gasteiger partial charge in [0.05, 0.1) is 6.07 Å². The molecule has 0 aliphatic heterocycles. The Hall–Kier alpha value is -2.02. The van der Waals surface area contributed by atoms with Crippen LogP contribution >= 0.6 is 0 Å². The zero-order chi connectivity index (χ0) is 12.4. The van der Waals surface area contributed by atoms with Crippen LogP contribution in [0.3, 0.4) is 0 Å². The highest BCUT2D eigenvalue weighted by Gasteiger charge is 2.32. The number of hydrogen-bond acceptors (Lipinski definition) is 3. The molecule has 1 unspecified atom stereocenters. The van der Waals surface area contributed by atoms with Crippen molar-refractivity contribution in [1.82, 2.24) is 5.32 Å². The third-order valence-corrected chi connectivity index (χ3v) is 2.99. The minimum absolute atomic E-state index is 0.0950. The summed E-state index contributed by atoms with van der Waals surface area (Å²) in [5.41, 5.74) is 1.11. The van der Waals surface area contributed by atoms with Crippen molar-refractivity contribution in [2.45, 2.75) is 25.8 Å². The summed E-state index contributed by atoms with van der Waals surface area (Å²) in [6.07, 6.45) is 2.00. The summed E-state index contributed by atoms with van der Waals surface area (Å²) in [7, 11) is 0. The van der Waals surface area contributed by atoms with Gasteiger partial charge in [0.1, 0.15) is 11.8 Å². The predicted molar refractivity (Wildman–Crippen MR) is 62.4 cm³/mol. The maximum Gasteiger partial charge on any atom is 0.252 e. The van der Waals surface area contributed by atoms with Gasteiger partial charge in [0, 0.05) is 5.56 Å². The fourth-order valence-corrected chi connectivity index (χ4v) is 1.66. The van der Waals surface area contributed by atoms with Crippen LogP contribution in [0, 0.1) is 24.2 Å². The molecule has 4 nitrogen and oxygen atoms in total. The number of nitriles is 1. The second-order valence-electron chi connectivity index (χ2n) is 4.42. The lowest BCUT2D eigenvalue weighted by Gasteiger charge is -2.10. The highest BCUT2D eigenvalue weighted by molar-refractivity contribution is 5.95. The van der Waals surface area contributed by atoms with Gasteiger partial charge < -0.3 is 10.4 Å². The predicted octanol–water partition coefficient (Wildman–Crippen LogP) is 1.73. The van der Waals surface area contributed by atoms with Gasteiger partial charge in [-0.1, -0.05) is 6.07 Å².